The quantitative estimate of drug-likeness (QED) is 0.676. The number of carbonyl (C=O) groups is 1. The highest BCUT2D eigenvalue weighted by Crippen LogP contribution is 1.97. The van der Waals surface area contributed by atoms with E-state index in [9.17, 15) is 4.79 Å². The molecule has 13 heavy (non-hydrogen) atoms. The van der Waals surface area contributed by atoms with Gasteiger partial charge in [0.1, 0.15) is 0 Å². The fourth-order valence-electron chi connectivity index (χ4n) is 0.903. The molecule has 0 radical (unpaired) electrons. The maximum atomic E-state index is 10.5. The number of amides is 1. The zero-order valence-corrected chi connectivity index (χ0v) is 7.58. The number of H-pyrrole nitrogens is 1. The summed E-state index contributed by atoms with van der Waals surface area (Å²) in [6.45, 7) is 2.20. The van der Waals surface area contributed by atoms with Crippen molar-refractivity contribution in [1.29, 1.82) is 0 Å². The molecule has 0 aliphatic rings. The second kappa shape index (κ2) is 5.13. The molecule has 2 N–H and O–H groups in total. The zero-order chi connectivity index (χ0) is 9.52. The van der Waals surface area contributed by atoms with Crippen molar-refractivity contribution in [2.45, 2.75) is 13.3 Å². The molecule has 0 saturated carbocycles. The van der Waals surface area contributed by atoms with Crippen molar-refractivity contribution in [2.75, 3.05) is 6.54 Å². The smallest absolute Gasteiger partial charge is 0.216 e. The SMILES string of the molecule is CC(=O)NCCC=Cc1cn[nH]c1. The molecule has 0 fully saturated rings. The molecular formula is C9H13N3O. The van der Waals surface area contributed by atoms with Gasteiger partial charge in [-0.2, -0.15) is 5.10 Å². The van der Waals surface area contributed by atoms with E-state index in [-0.39, 0.29) is 5.91 Å². The molecule has 0 saturated heterocycles. The minimum atomic E-state index is 0.0108. The summed E-state index contributed by atoms with van der Waals surface area (Å²) in [5.41, 5.74) is 1.04. The fraction of sp³-hybridized carbons (Fsp3) is 0.333. The highest BCUT2D eigenvalue weighted by molar-refractivity contribution is 5.72. The van der Waals surface area contributed by atoms with Gasteiger partial charge >= 0.3 is 0 Å². The van der Waals surface area contributed by atoms with Crippen molar-refractivity contribution in [3.8, 4) is 0 Å². The largest absolute Gasteiger partial charge is 0.356 e. The van der Waals surface area contributed by atoms with Crippen molar-refractivity contribution in [2.24, 2.45) is 0 Å². The van der Waals surface area contributed by atoms with Gasteiger partial charge in [0.25, 0.3) is 0 Å². The third-order valence-corrected chi connectivity index (χ3v) is 1.51. The molecule has 1 rings (SSSR count). The van der Waals surface area contributed by atoms with Crippen LogP contribution in [0.25, 0.3) is 6.08 Å². The number of carbonyl (C=O) groups excluding carboxylic acids is 1. The lowest BCUT2D eigenvalue weighted by Crippen LogP contribution is -2.20. The Morgan fingerprint density at radius 2 is 2.62 bits per heavy atom. The first-order valence-electron chi connectivity index (χ1n) is 4.19. The van der Waals surface area contributed by atoms with Gasteiger partial charge < -0.3 is 5.32 Å². The fourth-order valence-corrected chi connectivity index (χ4v) is 0.903. The van der Waals surface area contributed by atoms with Crippen molar-refractivity contribution >= 4 is 12.0 Å². The van der Waals surface area contributed by atoms with E-state index < -0.39 is 0 Å². The lowest BCUT2D eigenvalue weighted by molar-refractivity contribution is -0.118. The summed E-state index contributed by atoms with van der Waals surface area (Å²) in [6.07, 6.45) is 8.36. The van der Waals surface area contributed by atoms with E-state index in [1.807, 2.05) is 18.3 Å². The molecule has 1 aromatic heterocycles. The summed E-state index contributed by atoms with van der Waals surface area (Å²) >= 11 is 0. The summed E-state index contributed by atoms with van der Waals surface area (Å²) < 4.78 is 0. The number of aromatic amines is 1. The van der Waals surface area contributed by atoms with Crippen LogP contribution in [-0.2, 0) is 4.79 Å². The van der Waals surface area contributed by atoms with Gasteiger partial charge in [0.05, 0.1) is 6.20 Å². The molecule has 0 atom stereocenters. The Morgan fingerprint density at radius 1 is 1.77 bits per heavy atom. The van der Waals surface area contributed by atoms with E-state index in [1.54, 1.807) is 6.20 Å². The Hall–Kier alpha value is -1.58. The highest BCUT2D eigenvalue weighted by Gasteiger charge is 1.87. The molecule has 0 aliphatic heterocycles. The van der Waals surface area contributed by atoms with Crippen LogP contribution in [0.3, 0.4) is 0 Å². The Kier molecular flexibility index (Phi) is 3.75. The van der Waals surface area contributed by atoms with Crippen LogP contribution in [0.2, 0.25) is 0 Å². The van der Waals surface area contributed by atoms with Gasteiger partial charge in [-0.1, -0.05) is 12.2 Å². The molecule has 0 bridgehead atoms. The van der Waals surface area contributed by atoms with Gasteiger partial charge in [0, 0.05) is 25.2 Å². The first-order valence-corrected chi connectivity index (χ1v) is 4.19. The van der Waals surface area contributed by atoms with Crippen molar-refractivity contribution in [3.63, 3.8) is 0 Å². The standard InChI is InChI=1S/C9H13N3O/c1-8(13)10-5-3-2-4-9-6-11-12-7-9/h2,4,6-7H,3,5H2,1H3,(H,10,13)(H,11,12). The van der Waals surface area contributed by atoms with Crippen LogP contribution in [0.1, 0.15) is 18.9 Å². The van der Waals surface area contributed by atoms with E-state index in [4.69, 9.17) is 0 Å². The Labute approximate surface area is 77.0 Å². The zero-order valence-electron chi connectivity index (χ0n) is 7.58. The van der Waals surface area contributed by atoms with Crippen LogP contribution in [-0.4, -0.2) is 22.6 Å². The summed E-state index contributed by atoms with van der Waals surface area (Å²) in [5, 5.41) is 9.23. The van der Waals surface area contributed by atoms with Crippen LogP contribution >= 0.6 is 0 Å². The molecule has 1 aromatic rings. The lowest BCUT2D eigenvalue weighted by Gasteiger charge is -1.95. The maximum Gasteiger partial charge on any atom is 0.216 e. The van der Waals surface area contributed by atoms with Crippen molar-refractivity contribution in [3.05, 3.63) is 24.0 Å². The van der Waals surface area contributed by atoms with E-state index in [0.29, 0.717) is 6.54 Å². The van der Waals surface area contributed by atoms with E-state index in [1.165, 1.54) is 6.92 Å². The number of aromatic nitrogens is 2. The number of hydrogen-bond acceptors (Lipinski definition) is 2. The Bertz CT molecular complexity index is 277. The van der Waals surface area contributed by atoms with Crippen LogP contribution in [0.15, 0.2) is 18.5 Å². The van der Waals surface area contributed by atoms with Crippen molar-refractivity contribution < 1.29 is 4.79 Å². The lowest BCUT2D eigenvalue weighted by atomic mass is 10.3. The molecule has 0 spiro atoms. The van der Waals surface area contributed by atoms with Gasteiger partial charge in [-0.05, 0) is 6.42 Å². The van der Waals surface area contributed by atoms with E-state index in [2.05, 4.69) is 15.5 Å². The first kappa shape index (κ1) is 9.51. The molecule has 0 aliphatic carbocycles. The van der Waals surface area contributed by atoms with Gasteiger partial charge in [0.2, 0.25) is 5.91 Å². The minimum absolute atomic E-state index is 0.0108. The van der Waals surface area contributed by atoms with Gasteiger partial charge in [-0.15, -0.1) is 0 Å². The predicted molar refractivity (Wildman–Crippen MR) is 50.9 cm³/mol. The van der Waals surface area contributed by atoms with Crippen LogP contribution in [0.5, 0.6) is 0 Å². The molecule has 4 heteroatoms. The maximum absolute atomic E-state index is 10.5. The van der Waals surface area contributed by atoms with Crippen molar-refractivity contribution in [1.82, 2.24) is 15.5 Å². The highest BCUT2D eigenvalue weighted by atomic mass is 16.1. The Balaban J connectivity index is 2.16. The topological polar surface area (TPSA) is 57.8 Å². The molecule has 4 nitrogen and oxygen atoms in total. The Morgan fingerprint density at radius 3 is 3.23 bits per heavy atom. The molecule has 1 heterocycles. The van der Waals surface area contributed by atoms with Crippen LogP contribution in [0, 0.1) is 0 Å². The summed E-state index contributed by atoms with van der Waals surface area (Å²) in [7, 11) is 0. The van der Waals surface area contributed by atoms with E-state index in [0.717, 1.165) is 12.0 Å². The minimum Gasteiger partial charge on any atom is -0.356 e. The summed E-state index contributed by atoms with van der Waals surface area (Å²) in [5.74, 6) is 0.0108. The average Bonchev–Trinajstić information content (AvgIpc) is 2.55. The molecule has 70 valence electrons. The number of nitrogens with one attached hydrogen (secondary N) is 2. The van der Waals surface area contributed by atoms with Crippen LogP contribution in [0.4, 0.5) is 0 Å². The number of rotatable bonds is 4. The third kappa shape index (κ3) is 4.10. The predicted octanol–water partition coefficient (Wildman–Crippen LogP) is 0.949. The molecule has 0 aromatic carbocycles. The second-order valence-corrected chi connectivity index (χ2v) is 2.71. The summed E-state index contributed by atoms with van der Waals surface area (Å²) in [6, 6.07) is 0. The normalized spacial score (nSPS) is 10.5. The third-order valence-electron chi connectivity index (χ3n) is 1.51. The summed E-state index contributed by atoms with van der Waals surface area (Å²) in [4.78, 5) is 10.5. The van der Waals surface area contributed by atoms with Gasteiger partial charge in [-0.3, -0.25) is 9.89 Å². The number of nitrogens with zero attached hydrogens (tertiary/aromatic N) is 1. The van der Waals surface area contributed by atoms with Gasteiger partial charge in [0.15, 0.2) is 0 Å². The van der Waals surface area contributed by atoms with Gasteiger partial charge in [-0.25, -0.2) is 0 Å². The van der Waals surface area contributed by atoms with E-state index >= 15 is 0 Å². The average molecular weight is 179 g/mol. The second-order valence-electron chi connectivity index (χ2n) is 2.71. The molecule has 0 unspecified atom stereocenters. The monoisotopic (exact) mass is 179 g/mol. The van der Waals surface area contributed by atoms with Crippen LogP contribution < -0.4 is 5.32 Å². The molecular weight excluding hydrogens is 166 g/mol. The first-order chi connectivity index (χ1) is 6.29. The number of hydrogen-bond donors (Lipinski definition) is 2. The molecule has 1 amide bonds.